The largest absolute Gasteiger partial charge is 0.508 e. The number of ether oxygens (including phenoxy) is 1. The molecule has 1 N–H and O–H groups in total. The molecule has 1 heterocycles. The quantitative estimate of drug-likeness (QED) is 0.858. The number of rotatable bonds is 4. The minimum Gasteiger partial charge on any atom is -0.508 e. The molecule has 1 aromatic carbocycles. The van der Waals surface area contributed by atoms with Crippen LogP contribution in [0.1, 0.15) is 19.5 Å². The highest BCUT2D eigenvalue weighted by Gasteiger charge is 2.07. The predicted octanol–water partition coefficient (Wildman–Crippen LogP) is 2.90. The van der Waals surface area contributed by atoms with E-state index in [-0.39, 0.29) is 0 Å². The van der Waals surface area contributed by atoms with Gasteiger partial charge in [0.2, 0.25) is 0 Å². The smallest absolute Gasteiger partial charge is 0.117 e. The van der Waals surface area contributed by atoms with Gasteiger partial charge >= 0.3 is 0 Å². The summed E-state index contributed by atoms with van der Waals surface area (Å²) in [5.41, 5.74) is 2.22. The molecule has 16 heavy (non-hydrogen) atoms. The Morgan fingerprint density at radius 2 is 2.06 bits per heavy atom. The van der Waals surface area contributed by atoms with E-state index >= 15 is 0 Å². The van der Waals surface area contributed by atoms with Crippen LogP contribution in [-0.2, 0) is 17.9 Å². The van der Waals surface area contributed by atoms with E-state index in [0.29, 0.717) is 12.4 Å². The van der Waals surface area contributed by atoms with E-state index in [4.69, 9.17) is 4.74 Å². The number of hydrogen-bond donors (Lipinski definition) is 1. The maximum absolute atomic E-state index is 9.49. The number of aromatic nitrogens is 1. The van der Waals surface area contributed by atoms with Crippen molar-refractivity contribution < 1.29 is 9.84 Å². The van der Waals surface area contributed by atoms with Crippen molar-refractivity contribution in [1.29, 1.82) is 0 Å². The normalized spacial score (nSPS) is 11.1. The molecule has 0 amide bonds. The van der Waals surface area contributed by atoms with Gasteiger partial charge in [0.05, 0.1) is 12.1 Å². The van der Waals surface area contributed by atoms with Crippen molar-refractivity contribution in [1.82, 2.24) is 4.57 Å². The Morgan fingerprint density at radius 1 is 1.25 bits per heavy atom. The maximum atomic E-state index is 9.49. The van der Waals surface area contributed by atoms with Crippen LogP contribution in [0.2, 0.25) is 0 Å². The summed E-state index contributed by atoms with van der Waals surface area (Å²) < 4.78 is 7.61. The second-order valence-electron chi connectivity index (χ2n) is 3.76. The number of fused-ring (bicyclic) bond motifs is 1. The van der Waals surface area contributed by atoms with E-state index in [9.17, 15) is 5.11 Å². The second kappa shape index (κ2) is 4.58. The van der Waals surface area contributed by atoms with Crippen molar-refractivity contribution >= 4 is 10.9 Å². The summed E-state index contributed by atoms with van der Waals surface area (Å²) in [5.74, 6) is 0.309. The molecule has 3 nitrogen and oxygen atoms in total. The SMILES string of the molecule is CCOCc1cc2ccc(O)cc2n1CC. The number of benzene rings is 1. The summed E-state index contributed by atoms with van der Waals surface area (Å²) >= 11 is 0. The van der Waals surface area contributed by atoms with Crippen LogP contribution in [-0.4, -0.2) is 16.3 Å². The van der Waals surface area contributed by atoms with Gasteiger partial charge in [-0.15, -0.1) is 0 Å². The third-order valence-electron chi connectivity index (χ3n) is 2.74. The molecule has 3 heteroatoms. The van der Waals surface area contributed by atoms with E-state index in [1.165, 1.54) is 0 Å². The first-order chi connectivity index (χ1) is 7.76. The van der Waals surface area contributed by atoms with Crippen LogP contribution in [0.4, 0.5) is 0 Å². The first-order valence-corrected chi connectivity index (χ1v) is 5.65. The summed E-state index contributed by atoms with van der Waals surface area (Å²) in [7, 11) is 0. The molecule has 0 atom stereocenters. The third-order valence-corrected chi connectivity index (χ3v) is 2.74. The lowest BCUT2D eigenvalue weighted by Crippen LogP contribution is -2.02. The third kappa shape index (κ3) is 1.91. The van der Waals surface area contributed by atoms with E-state index in [1.54, 1.807) is 12.1 Å². The van der Waals surface area contributed by atoms with Gasteiger partial charge < -0.3 is 14.4 Å². The molecule has 0 aliphatic heterocycles. The van der Waals surface area contributed by atoms with Crippen molar-refractivity contribution in [3.05, 3.63) is 30.0 Å². The highest BCUT2D eigenvalue weighted by Crippen LogP contribution is 2.24. The van der Waals surface area contributed by atoms with Gasteiger partial charge in [-0.2, -0.15) is 0 Å². The molecule has 86 valence electrons. The van der Waals surface area contributed by atoms with Crippen LogP contribution in [0.15, 0.2) is 24.3 Å². The number of aromatic hydroxyl groups is 1. The fourth-order valence-electron chi connectivity index (χ4n) is 2.00. The fourth-order valence-corrected chi connectivity index (χ4v) is 2.00. The monoisotopic (exact) mass is 219 g/mol. The number of hydrogen-bond acceptors (Lipinski definition) is 2. The van der Waals surface area contributed by atoms with Gasteiger partial charge in [-0.25, -0.2) is 0 Å². The molecule has 0 bridgehead atoms. The van der Waals surface area contributed by atoms with E-state index in [0.717, 1.165) is 29.7 Å². The topological polar surface area (TPSA) is 34.4 Å². The summed E-state index contributed by atoms with van der Waals surface area (Å²) in [5, 5.41) is 10.6. The molecule has 2 rings (SSSR count). The summed E-state index contributed by atoms with van der Waals surface area (Å²) in [4.78, 5) is 0. The van der Waals surface area contributed by atoms with E-state index in [1.807, 2.05) is 13.0 Å². The minimum absolute atomic E-state index is 0.309. The first-order valence-electron chi connectivity index (χ1n) is 5.65. The maximum Gasteiger partial charge on any atom is 0.117 e. The van der Waals surface area contributed by atoms with Gasteiger partial charge in [-0.05, 0) is 32.0 Å². The van der Waals surface area contributed by atoms with Crippen LogP contribution < -0.4 is 0 Å². The summed E-state index contributed by atoms with van der Waals surface area (Å²) in [6, 6.07) is 7.57. The number of aryl methyl sites for hydroxylation is 1. The van der Waals surface area contributed by atoms with Crippen molar-refractivity contribution in [3.8, 4) is 5.75 Å². The molecule has 0 fully saturated rings. The van der Waals surface area contributed by atoms with Crippen LogP contribution in [0, 0.1) is 0 Å². The van der Waals surface area contributed by atoms with Crippen molar-refractivity contribution in [3.63, 3.8) is 0 Å². The molecular weight excluding hydrogens is 202 g/mol. The number of nitrogens with zero attached hydrogens (tertiary/aromatic N) is 1. The van der Waals surface area contributed by atoms with Crippen LogP contribution in [0.5, 0.6) is 5.75 Å². The van der Waals surface area contributed by atoms with Crippen LogP contribution >= 0.6 is 0 Å². The zero-order valence-electron chi connectivity index (χ0n) is 9.73. The van der Waals surface area contributed by atoms with Crippen molar-refractivity contribution in [2.75, 3.05) is 6.61 Å². The standard InChI is InChI=1S/C13H17NO2/c1-3-14-11(9-16-4-2)7-10-5-6-12(15)8-13(10)14/h5-8,15H,3-4,9H2,1-2H3. The Balaban J connectivity index is 2.49. The van der Waals surface area contributed by atoms with Crippen LogP contribution in [0.3, 0.4) is 0 Å². The molecule has 0 saturated heterocycles. The van der Waals surface area contributed by atoms with E-state index < -0.39 is 0 Å². The summed E-state index contributed by atoms with van der Waals surface area (Å²) in [6.07, 6.45) is 0. The van der Waals surface area contributed by atoms with Gasteiger partial charge in [0.1, 0.15) is 5.75 Å². The average Bonchev–Trinajstić information content (AvgIpc) is 2.63. The average molecular weight is 219 g/mol. The Hall–Kier alpha value is -1.48. The Bertz CT molecular complexity index is 488. The second-order valence-corrected chi connectivity index (χ2v) is 3.76. The molecule has 0 spiro atoms. The molecule has 0 aliphatic carbocycles. The zero-order valence-corrected chi connectivity index (χ0v) is 9.73. The van der Waals surface area contributed by atoms with Gasteiger partial charge in [-0.3, -0.25) is 0 Å². The van der Waals surface area contributed by atoms with E-state index in [2.05, 4.69) is 17.6 Å². The summed E-state index contributed by atoms with van der Waals surface area (Å²) in [6.45, 7) is 6.31. The number of phenolic OH excluding ortho intramolecular Hbond substituents is 1. The highest BCUT2D eigenvalue weighted by molar-refractivity contribution is 5.82. The fraction of sp³-hybridized carbons (Fsp3) is 0.385. The molecule has 1 aromatic heterocycles. The molecular formula is C13H17NO2. The van der Waals surface area contributed by atoms with Crippen LogP contribution in [0.25, 0.3) is 10.9 Å². The lowest BCUT2D eigenvalue weighted by Gasteiger charge is -2.07. The number of phenols is 1. The van der Waals surface area contributed by atoms with Gasteiger partial charge in [-0.1, -0.05) is 0 Å². The van der Waals surface area contributed by atoms with Gasteiger partial charge in [0.15, 0.2) is 0 Å². The molecule has 0 unspecified atom stereocenters. The zero-order chi connectivity index (χ0) is 11.5. The Morgan fingerprint density at radius 3 is 2.75 bits per heavy atom. The molecule has 0 aliphatic rings. The Labute approximate surface area is 95.3 Å². The highest BCUT2D eigenvalue weighted by atomic mass is 16.5. The minimum atomic E-state index is 0.309. The van der Waals surface area contributed by atoms with Gasteiger partial charge in [0, 0.05) is 30.3 Å². The predicted molar refractivity (Wildman–Crippen MR) is 64.6 cm³/mol. The first kappa shape index (κ1) is 11.0. The lowest BCUT2D eigenvalue weighted by molar-refractivity contribution is 0.129. The lowest BCUT2D eigenvalue weighted by atomic mass is 10.2. The molecule has 0 saturated carbocycles. The van der Waals surface area contributed by atoms with Crippen molar-refractivity contribution in [2.45, 2.75) is 27.0 Å². The molecule has 0 radical (unpaired) electrons. The van der Waals surface area contributed by atoms with Crippen molar-refractivity contribution in [2.24, 2.45) is 0 Å². The Kier molecular flexibility index (Phi) is 3.15. The van der Waals surface area contributed by atoms with Gasteiger partial charge in [0.25, 0.3) is 0 Å². The molecule has 2 aromatic rings.